The Hall–Kier alpha value is -3.08. The smallest absolute Gasteiger partial charge is 0.235 e. The highest BCUT2D eigenvalue weighted by Gasteiger charge is 2.65. The van der Waals surface area contributed by atoms with Crippen LogP contribution in [0.3, 0.4) is 0 Å². The summed E-state index contributed by atoms with van der Waals surface area (Å²) in [6.45, 7) is 3.79. The number of hydrogen-bond donors (Lipinski definition) is 2. The van der Waals surface area contributed by atoms with Crippen LogP contribution in [0.1, 0.15) is 29.2 Å². The Morgan fingerprint density at radius 3 is 3.00 bits per heavy atom. The number of benzene rings is 2. The number of ether oxygens (including phenoxy) is 1. The van der Waals surface area contributed by atoms with Gasteiger partial charge in [0.15, 0.2) is 0 Å². The lowest BCUT2D eigenvalue weighted by Gasteiger charge is -2.10. The number of amides is 1. The Kier molecular flexibility index (Phi) is 2.70. The van der Waals surface area contributed by atoms with Gasteiger partial charge in [0, 0.05) is 17.0 Å². The van der Waals surface area contributed by atoms with Gasteiger partial charge in [-0.25, -0.2) is 0 Å². The van der Waals surface area contributed by atoms with E-state index < -0.39 is 5.41 Å². The van der Waals surface area contributed by atoms with Crippen LogP contribution in [0.15, 0.2) is 43.0 Å². The number of rotatable bonds is 3. The van der Waals surface area contributed by atoms with Gasteiger partial charge in [0.05, 0.1) is 23.7 Å². The van der Waals surface area contributed by atoms with Crippen molar-refractivity contribution < 1.29 is 9.53 Å². The van der Waals surface area contributed by atoms with Crippen molar-refractivity contribution in [2.45, 2.75) is 17.8 Å². The summed E-state index contributed by atoms with van der Waals surface area (Å²) in [5, 5.41) is 11.4. The van der Waals surface area contributed by atoms with Crippen molar-refractivity contribution >= 4 is 28.6 Å². The molecule has 1 saturated carbocycles. The molecule has 2 heterocycles. The van der Waals surface area contributed by atoms with Gasteiger partial charge in [-0.3, -0.25) is 9.89 Å². The van der Waals surface area contributed by atoms with E-state index in [0.717, 1.165) is 45.6 Å². The molecule has 2 aromatic carbocycles. The zero-order valence-electron chi connectivity index (χ0n) is 13.8. The third-order valence-corrected chi connectivity index (χ3v) is 5.53. The first-order chi connectivity index (χ1) is 12.2. The predicted octanol–water partition coefficient (Wildman–Crippen LogP) is 3.59. The fraction of sp³-hybridized carbons (Fsp3) is 0.200. The van der Waals surface area contributed by atoms with Crippen molar-refractivity contribution in [2.75, 3.05) is 12.4 Å². The summed E-state index contributed by atoms with van der Waals surface area (Å²) in [6, 6.07) is 12.0. The highest BCUT2D eigenvalue weighted by Crippen LogP contribution is 2.65. The number of fused-ring (bicyclic) bond motifs is 3. The molecule has 2 N–H and O–H groups in total. The van der Waals surface area contributed by atoms with E-state index in [2.05, 4.69) is 40.3 Å². The lowest BCUT2D eigenvalue weighted by Crippen LogP contribution is -2.21. The molecule has 2 unspecified atom stereocenters. The summed E-state index contributed by atoms with van der Waals surface area (Å²) >= 11 is 0. The second kappa shape index (κ2) is 4.72. The van der Waals surface area contributed by atoms with Gasteiger partial charge in [-0.05, 0) is 47.9 Å². The molecule has 0 saturated heterocycles. The molecule has 1 aliphatic carbocycles. The van der Waals surface area contributed by atoms with Crippen LogP contribution < -0.4 is 10.1 Å². The van der Waals surface area contributed by atoms with Gasteiger partial charge in [0.25, 0.3) is 0 Å². The summed E-state index contributed by atoms with van der Waals surface area (Å²) in [4.78, 5) is 12.7. The largest absolute Gasteiger partial charge is 0.497 e. The van der Waals surface area contributed by atoms with Gasteiger partial charge < -0.3 is 10.1 Å². The van der Waals surface area contributed by atoms with Gasteiger partial charge >= 0.3 is 0 Å². The Balaban J connectivity index is 1.59. The molecule has 25 heavy (non-hydrogen) atoms. The zero-order valence-corrected chi connectivity index (χ0v) is 13.8. The number of nitrogens with one attached hydrogen (secondary N) is 2. The molecule has 2 atom stereocenters. The molecular formula is C20H17N3O2. The van der Waals surface area contributed by atoms with E-state index in [9.17, 15) is 4.79 Å². The quantitative estimate of drug-likeness (QED) is 0.771. The van der Waals surface area contributed by atoms with E-state index in [1.807, 2.05) is 18.2 Å². The number of aromatic nitrogens is 2. The normalized spacial score (nSPS) is 23.6. The maximum absolute atomic E-state index is 12.7. The van der Waals surface area contributed by atoms with Crippen molar-refractivity contribution in [3.8, 4) is 5.75 Å². The van der Waals surface area contributed by atoms with Crippen molar-refractivity contribution in [3.05, 3.63) is 59.8 Å². The highest BCUT2D eigenvalue weighted by molar-refractivity contribution is 6.10. The van der Waals surface area contributed by atoms with E-state index in [-0.39, 0.29) is 11.8 Å². The van der Waals surface area contributed by atoms with Crippen LogP contribution >= 0.6 is 0 Å². The maximum Gasteiger partial charge on any atom is 0.235 e. The molecule has 1 fully saturated rings. The molecule has 3 aromatic rings. The molecule has 2 aliphatic rings. The highest BCUT2D eigenvalue weighted by atomic mass is 16.5. The standard InChI is InChI=1S/C20H17N3O2/c1-3-16-13-6-4-11(8-18(13)23-22-16)15-10-20(15)14-9-12(25-2)5-7-17(14)21-19(20)24/h3-9,15H,1,10H2,2H3,(H,21,24)(H,22,23). The Morgan fingerprint density at radius 1 is 1.32 bits per heavy atom. The summed E-state index contributed by atoms with van der Waals surface area (Å²) in [5.41, 5.74) is 4.43. The lowest BCUT2D eigenvalue weighted by atomic mass is 9.91. The Labute approximate surface area is 144 Å². The van der Waals surface area contributed by atoms with Crippen LogP contribution in [0, 0.1) is 0 Å². The number of nitrogens with zero attached hydrogens (tertiary/aromatic N) is 1. The monoisotopic (exact) mass is 331 g/mol. The number of carbonyl (C=O) groups is 1. The minimum Gasteiger partial charge on any atom is -0.497 e. The fourth-order valence-electron chi connectivity index (χ4n) is 4.13. The third-order valence-electron chi connectivity index (χ3n) is 5.53. The molecule has 1 amide bonds. The minimum atomic E-state index is -0.473. The first-order valence-electron chi connectivity index (χ1n) is 8.28. The Bertz CT molecular complexity index is 1050. The summed E-state index contributed by atoms with van der Waals surface area (Å²) in [5.74, 6) is 1.03. The molecule has 0 bridgehead atoms. The average molecular weight is 331 g/mol. The number of H-pyrrole nitrogens is 1. The molecular weight excluding hydrogens is 314 g/mol. The minimum absolute atomic E-state index is 0.0808. The van der Waals surface area contributed by atoms with Crippen molar-refractivity contribution in [2.24, 2.45) is 0 Å². The van der Waals surface area contributed by atoms with E-state index in [0.29, 0.717) is 0 Å². The molecule has 1 spiro atoms. The topological polar surface area (TPSA) is 67.0 Å². The number of hydrogen-bond acceptors (Lipinski definition) is 3. The van der Waals surface area contributed by atoms with Gasteiger partial charge in [-0.15, -0.1) is 0 Å². The molecule has 1 aromatic heterocycles. The number of aromatic amines is 1. The average Bonchev–Trinajstić information content (AvgIpc) is 3.17. The molecule has 5 heteroatoms. The molecule has 5 rings (SSSR count). The first-order valence-corrected chi connectivity index (χ1v) is 8.28. The summed E-state index contributed by atoms with van der Waals surface area (Å²) in [6.07, 6.45) is 2.55. The van der Waals surface area contributed by atoms with Crippen LogP contribution in [0.5, 0.6) is 5.75 Å². The van der Waals surface area contributed by atoms with E-state index in [4.69, 9.17) is 4.74 Å². The SMILES string of the molecule is C=Cc1n[nH]c2cc(C3CC34C(=O)Nc3ccc(OC)cc34)ccc12. The summed E-state index contributed by atoms with van der Waals surface area (Å²) < 4.78 is 5.35. The van der Waals surface area contributed by atoms with Crippen LogP contribution in [0.4, 0.5) is 5.69 Å². The molecule has 0 radical (unpaired) electrons. The predicted molar refractivity (Wildman–Crippen MR) is 96.8 cm³/mol. The number of carbonyl (C=O) groups excluding carboxylic acids is 1. The van der Waals surface area contributed by atoms with Gasteiger partial charge in [0.1, 0.15) is 5.75 Å². The first kappa shape index (κ1) is 14.3. The van der Waals surface area contributed by atoms with Crippen LogP contribution in [0.25, 0.3) is 17.0 Å². The second-order valence-electron chi connectivity index (χ2n) is 6.71. The third kappa shape index (κ3) is 1.78. The van der Waals surface area contributed by atoms with E-state index in [1.54, 1.807) is 13.2 Å². The summed E-state index contributed by atoms with van der Waals surface area (Å²) in [7, 11) is 1.65. The number of methoxy groups -OCH3 is 1. The fourth-order valence-corrected chi connectivity index (χ4v) is 4.13. The maximum atomic E-state index is 12.7. The second-order valence-corrected chi connectivity index (χ2v) is 6.71. The van der Waals surface area contributed by atoms with Crippen molar-refractivity contribution in [1.82, 2.24) is 10.2 Å². The molecule has 124 valence electrons. The zero-order chi connectivity index (χ0) is 17.2. The van der Waals surface area contributed by atoms with Crippen LogP contribution in [0.2, 0.25) is 0 Å². The number of anilines is 1. The Morgan fingerprint density at radius 2 is 2.20 bits per heavy atom. The van der Waals surface area contributed by atoms with Crippen molar-refractivity contribution in [3.63, 3.8) is 0 Å². The van der Waals surface area contributed by atoms with Crippen molar-refractivity contribution in [1.29, 1.82) is 0 Å². The molecule has 1 aliphatic heterocycles. The molecule has 5 nitrogen and oxygen atoms in total. The van der Waals surface area contributed by atoms with Crippen LogP contribution in [-0.4, -0.2) is 23.2 Å². The van der Waals surface area contributed by atoms with Gasteiger partial charge in [-0.1, -0.05) is 18.7 Å². The van der Waals surface area contributed by atoms with E-state index >= 15 is 0 Å². The van der Waals surface area contributed by atoms with Gasteiger partial charge in [-0.2, -0.15) is 5.10 Å². The van der Waals surface area contributed by atoms with E-state index in [1.165, 1.54) is 0 Å². The van der Waals surface area contributed by atoms with Gasteiger partial charge in [0.2, 0.25) is 5.91 Å². The lowest BCUT2D eigenvalue weighted by molar-refractivity contribution is -0.118. The van der Waals surface area contributed by atoms with Crippen LogP contribution in [-0.2, 0) is 10.2 Å².